The van der Waals surface area contributed by atoms with E-state index in [4.69, 9.17) is 4.74 Å². The number of hydrogen-bond acceptors (Lipinski definition) is 2. The molecule has 0 unspecified atom stereocenters. The molecule has 0 saturated carbocycles. The molecule has 0 aliphatic rings. The average Bonchev–Trinajstić information content (AvgIpc) is 2.29. The van der Waals surface area contributed by atoms with Crippen LogP contribution in [0.5, 0.6) is 5.88 Å². The summed E-state index contributed by atoms with van der Waals surface area (Å²) in [4.78, 5) is 4.38. The van der Waals surface area contributed by atoms with Crippen LogP contribution in [0.2, 0.25) is 0 Å². The van der Waals surface area contributed by atoms with Crippen LogP contribution in [-0.4, -0.2) is 12.1 Å². The second-order valence-corrected chi connectivity index (χ2v) is 3.43. The van der Waals surface area contributed by atoms with Gasteiger partial charge in [0.1, 0.15) is 0 Å². The van der Waals surface area contributed by atoms with Crippen molar-refractivity contribution in [2.45, 2.75) is 6.92 Å². The monoisotopic (exact) mass is 199 g/mol. The lowest BCUT2D eigenvalue weighted by Gasteiger charge is -2.04. The lowest BCUT2D eigenvalue weighted by Crippen LogP contribution is -1.89. The Morgan fingerprint density at radius 2 is 1.87 bits per heavy atom. The fourth-order valence-corrected chi connectivity index (χ4v) is 1.49. The van der Waals surface area contributed by atoms with E-state index in [1.807, 2.05) is 24.3 Å². The summed E-state index contributed by atoms with van der Waals surface area (Å²) in [5.74, 6) is 0.647. The Labute approximate surface area is 89.6 Å². The van der Waals surface area contributed by atoms with Gasteiger partial charge in [0.05, 0.1) is 12.8 Å². The van der Waals surface area contributed by atoms with E-state index in [9.17, 15) is 0 Å². The van der Waals surface area contributed by atoms with Crippen molar-refractivity contribution in [2.75, 3.05) is 7.11 Å². The predicted molar refractivity (Wildman–Crippen MR) is 61.0 cm³/mol. The van der Waals surface area contributed by atoms with Crippen molar-refractivity contribution in [2.24, 2.45) is 0 Å². The minimum Gasteiger partial charge on any atom is -0.481 e. The summed E-state index contributed by atoms with van der Waals surface area (Å²) < 4.78 is 5.10. The first-order valence-corrected chi connectivity index (χ1v) is 4.87. The summed E-state index contributed by atoms with van der Waals surface area (Å²) in [6.45, 7) is 2.07. The number of nitrogens with zero attached hydrogens (tertiary/aromatic N) is 1. The number of aromatic nitrogens is 1. The van der Waals surface area contributed by atoms with Gasteiger partial charge >= 0.3 is 0 Å². The first-order chi connectivity index (χ1) is 7.29. The molecule has 0 spiro atoms. The fraction of sp³-hybridized carbons (Fsp3) is 0.154. The lowest BCUT2D eigenvalue weighted by atomic mass is 10.1. The van der Waals surface area contributed by atoms with E-state index in [1.165, 1.54) is 5.56 Å². The highest BCUT2D eigenvalue weighted by Gasteiger charge is 2.00. The van der Waals surface area contributed by atoms with Gasteiger partial charge < -0.3 is 4.74 Å². The molecule has 1 aromatic heterocycles. The van der Waals surface area contributed by atoms with Crippen LogP contribution in [0.3, 0.4) is 0 Å². The van der Waals surface area contributed by atoms with Gasteiger partial charge in [-0.25, -0.2) is 4.98 Å². The molecule has 2 nitrogen and oxygen atoms in total. The van der Waals surface area contributed by atoms with Crippen LogP contribution in [0.4, 0.5) is 0 Å². The molecule has 0 atom stereocenters. The third-order valence-corrected chi connectivity index (χ3v) is 2.25. The van der Waals surface area contributed by atoms with Crippen LogP contribution < -0.4 is 4.74 Å². The molecular weight excluding hydrogens is 186 g/mol. The van der Waals surface area contributed by atoms with E-state index < -0.39 is 0 Å². The molecular formula is C13H13NO. The van der Waals surface area contributed by atoms with E-state index in [-0.39, 0.29) is 0 Å². The third-order valence-electron chi connectivity index (χ3n) is 2.25. The Hall–Kier alpha value is -1.83. The van der Waals surface area contributed by atoms with E-state index in [1.54, 1.807) is 7.11 Å². The maximum atomic E-state index is 5.10. The van der Waals surface area contributed by atoms with Crippen LogP contribution in [0.15, 0.2) is 42.5 Å². The summed E-state index contributed by atoms with van der Waals surface area (Å²) in [5, 5.41) is 0. The minimum atomic E-state index is 0.647. The van der Waals surface area contributed by atoms with Gasteiger partial charge in [0, 0.05) is 11.6 Å². The van der Waals surface area contributed by atoms with Crippen LogP contribution in [-0.2, 0) is 0 Å². The molecule has 2 rings (SSSR count). The highest BCUT2D eigenvalue weighted by Crippen LogP contribution is 2.20. The summed E-state index contributed by atoms with van der Waals surface area (Å²) in [7, 11) is 1.63. The van der Waals surface area contributed by atoms with Gasteiger partial charge in [-0.3, -0.25) is 0 Å². The van der Waals surface area contributed by atoms with Gasteiger partial charge in [-0.2, -0.15) is 0 Å². The van der Waals surface area contributed by atoms with Gasteiger partial charge in [-0.1, -0.05) is 29.8 Å². The molecule has 0 N–H and O–H groups in total. The molecule has 0 aliphatic carbocycles. The average molecular weight is 199 g/mol. The molecule has 0 amide bonds. The zero-order valence-corrected chi connectivity index (χ0v) is 8.90. The molecule has 1 aromatic carbocycles. The van der Waals surface area contributed by atoms with E-state index in [2.05, 4.69) is 30.1 Å². The van der Waals surface area contributed by atoms with Crippen molar-refractivity contribution in [3.63, 3.8) is 0 Å². The molecule has 1 heterocycles. The van der Waals surface area contributed by atoms with Gasteiger partial charge in [0.2, 0.25) is 5.88 Å². The van der Waals surface area contributed by atoms with Gasteiger partial charge in [0.15, 0.2) is 0 Å². The van der Waals surface area contributed by atoms with E-state index in [0.29, 0.717) is 5.88 Å². The third kappa shape index (κ3) is 2.15. The summed E-state index contributed by atoms with van der Waals surface area (Å²) >= 11 is 0. The number of benzene rings is 1. The number of ether oxygens (including phenoxy) is 1. The van der Waals surface area contributed by atoms with Crippen LogP contribution in [0.1, 0.15) is 5.56 Å². The Bertz CT molecular complexity index is 466. The van der Waals surface area contributed by atoms with E-state index >= 15 is 0 Å². The van der Waals surface area contributed by atoms with Crippen molar-refractivity contribution in [3.8, 4) is 17.1 Å². The Morgan fingerprint density at radius 3 is 2.60 bits per heavy atom. The summed E-state index contributed by atoms with van der Waals surface area (Å²) in [5.41, 5.74) is 3.30. The molecule has 0 radical (unpaired) electrons. The Kier molecular flexibility index (Phi) is 2.68. The van der Waals surface area contributed by atoms with Crippen molar-refractivity contribution in [1.29, 1.82) is 0 Å². The summed E-state index contributed by atoms with van der Waals surface area (Å²) in [6.07, 6.45) is 0. The van der Waals surface area contributed by atoms with Crippen LogP contribution >= 0.6 is 0 Å². The zero-order valence-electron chi connectivity index (χ0n) is 8.90. The molecule has 2 heteroatoms. The van der Waals surface area contributed by atoms with Crippen molar-refractivity contribution < 1.29 is 4.74 Å². The molecule has 0 aliphatic heterocycles. The second kappa shape index (κ2) is 4.13. The second-order valence-electron chi connectivity index (χ2n) is 3.43. The van der Waals surface area contributed by atoms with Gasteiger partial charge in [-0.05, 0) is 19.1 Å². The number of hydrogen-bond donors (Lipinski definition) is 0. The SMILES string of the molecule is COc1cccc(-c2cccc(C)c2)n1. The largest absolute Gasteiger partial charge is 0.481 e. The lowest BCUT2D eigenvalue weighted by molar-refractivity contribution is 0.398. The minimum absolute atomic E-state index is 0.647. The maximum Gasteiger partial charge on any atom is 0.213 e. The Morgan fingerprint density at radius 1 is 1.07 bits per heavy atom. The highest BCUT2D eigenvalue weighted by molar-refractivity contribution is 5.60. The van der Waals surface area contributed by atoms with Crippen LogP contribution in [0.25, 0.3) is 11.3 Å². The zero-order chi connectivity index (χ0) is 10.7. The first kappa shape index (κ1) is 9.71. The number of methoxy groups -OCH3 is 1. The van der Waals surface area contributed by atoms with Crippen molar-refractivity contribution >= 4 is 0 Å². The molecule has 2 aromatic rings. The van der Waals surface area contributed by atoms with Crippen LogP contribution in [0, 0.1) is 6.92 Å². The summed E-state index contributed by atoms with van der Waals surface area (Å²) in [6, 6.07) is 14.0. The standard InChI is InChI=1S/C13H13NO/c1-10-5-3-6-11(9-10)12-7-4-8-13(14-12)15-2/h3-9H,1-2H3. The normalized spacial score (nSPS) is 10.0. The topological polar surface area (TPSA) is 22.1 Å². The van der Waals surface area contributed by atoms with Crippen molar-refractivity contribution in [1.82, 2.24) is 4.98 Å². The number of pyridine rings is 1. The van der Waals surface area contributed by atoms with Gasteiger partial charge in [-0.15, -0.1) is 0 Å². The molecule has 0 saturated heterocycles. The number of aryl methyl sites for hydroxylation is 1. The molecule has 15 heavy (non-hydrogen) atoms. The quantitative estimate of drug-likeness (QED) is 0.741. The van der Waals surface area contributed by atoms with E-state index in [0.717, 1.165) is 11.3 Å². The van der Waals surface area contributed by atoms with Crippen molar-refractivity contribution in [3.05, 3.63) is 48.0 Å². The predicted octanol–water partition coefficient (Wildman–Crippen LogP) is 3.07. The fourth-order valence-electron chi connectivity index (χ4n) is 1.49. The van der Waals surface area contributed by atoms with Gasteiger partial charge in [0.25, 0.3) is 0 Å². The molecule has 0 bridgehead atoms. The Balaban J connectivity index is 2.44. The molecule has 76 valence electrons. The molecule has 0 fully saturated rings. The first-order valence-electron chi connectivity index (χ1n) is 4.87. The maximum absolute atomic E-state index is 5.10. The highest BCUT2D eigenvalue weighted by atomic mass is 16.5. The smallest absolute Gasteiger partial charge is 0.213 e. The number of rotatable bonds is 2.